The van der Waals surface area contributed by atoms with Crippen molar-refractivity contribution in [1.29, 1.82) is 0 Å². The lowest BCUT2D eigenvalue weighted by Crippen LogP contribution is -2.45. The number of nitrogens with zero attached hydrogens (tertiary/aromatic N) is 4. The number of aromatic nitrogens is 4. The number of aliphatic hydroxyl groups excluding tert-OH is 1. The van der Waals surface area contributed by atoms with Gasteiger partial charge in [-0.1, -0.05) is 28.6 Å². The first kappa shape index (κ1) is 19.0. The fraction of sp³-hybridized carbons (Fsp3) is 0.474. The van der Waals surface area contributed by atoms with Crippen molar-refractivity contribution >= 4 is 11.5 Å². The number of aliphatic hydroxyl groups is 1. The van der Waals surface area contributed by atoms with Crippen molar-refractivity contribution in [3.63, 3.8) is 0 Å². The number of hydrogen-bond acceptors (Lipinski definition) is 6. The zero-order valence-electron chi connectivity index (χ0n) is 15.8. The molecule has 0 spiro atoms. The SMILES string of the molecule is C/C=C\C(=C/C)c1cc(C(=O)NC2CC(Cn3cc([C@@H](C)O)nn3)C2)on1. The molecule has 1 amide bonds. The Bertz CT molecular complexity index is 843. The molecule has 1 fully saturated rings. The largest absolute Gasteiger partial charge is 0.387 e. The molecule has 2 aromatic heterocycles. The van der Waals surface area contributed by atoms with E-state index in [9.17, 15) is 9.90 Å². The maximum absolute atomic E-state index is 12.3. The minimum absolute atomic E-state index is 0.118. The first-order valence-electron chi connectivity index (χ1n) is 9.15. The smallest absolute Gasteiger partial charge is 0.290 e. The van der Waals surface area contributed by atoms with Gasteiger partial charge in [0.1, 0.15) is 11.4 Å². The van der Waals surface area contributed by atoms with E-state index in [4.69, 9.17) is 4.52 Å². The molecule has 0 radical (unpaired) electrons. The van der Waals surface area contributed by atoms with E-state index in [2.05, 4.69) is 20.8 Å². The summed E-state index contributed by atoms with van der Waals surface area (Å²) >= 11 is 0. The van der Waals surface area contributed by atoms with Crippen molar-refractivity contribution in [2.24, 2.45) is 5.92 Å². The predicted octanol–water partition coefficient (Wildman–Crippen LogP) is 2.51. The highest BCUT2D eigenvalue weighted by Gasteiger charge is 2.32. The summed E-state index contributed by atoms with van der Waals surface area (Å²) in [5.41, 5.74) is 2.12. The van der Waals surface area contributed by atoms with Gasteiger partial charge in [0.05, 0.1) is 12.3 Å². The molecule has 0 aromatic carbocycles. The first-order chi connectivity index (χ1) is 13.0. The van der Waals surface area contributed by atoms with Crippen LogP contribution in [-0.2, 0) is 6.54 Å². The topological polar surface area (TPSA) is 106 Å². The van der Waals surface area contributed by atoms with Crippen LogP contribution in [0.1, 0.15) is 61.7 Å². The third kappa shape index (κ3) is 4.51. The maximum Gasteiger partial charge on any atom is 0.290 e. The molecule has 2 N–H and O–H groups in total. The predicted molar refractivity (Wildman–Crippen MR) is 99.6 cm³/mol. The molecule has 8 heteroatoms. The summed E-state index contributed by atoms with van der Waals surface area (Å²) in [6.07, 6.45) is 8.64. The monoisotopic (exact) mass is 371 g/mol. The second-order valence-corrected chi connectivity index (χ2v) is 6.87. The number of carbonyl (C=O) groups is 1. The molecule has 1 aliphatic carbocycles. The van der Waals surface area contributed by atoms with Crippen LogP contribution < -0.4 is 5.32 Å². The summed E-state index contributed by atoms with van der Waals surface area (Å²) in [5.74, 6) is 0.397. The van der Waals surface area contributed by atoms with Gasteiger partial charge in [-0.3, -0.25) is 9.48 Å². The van der Waals surface area contributed by atoms with Crippen LogP contribution in [0.4, 0.5) is 0 Å². The lowest BCUT2D eigenvalue weighted by atomic mass is 9.80. The van der Waals surface area contributed by atoms with Crippen LogP contribution in [-0.4, -0.2) is 37.2 Å². The maximum atomic E-state index is 12.3. The lowest BCUT2D eigenvalue weighted by molar-refractivity contribution is 0.0842. The van der Waals surface area contributed by atoms with Gasteiger partial charge in [0.2, 0.25) is 5.76 Å². The third-order valence-corrected chi connectivity index (χ3v) is 4.69. The molecule has 0 aliphatic heterocycles. The third-order valence-electron chi connectivity index (χ3n) is 4.69. The number of carbonyl (C=O) groups excluding carboxylic acids is 1. The Morgan fingerprint density at radius 3 is 2.89 bits per heavy atom. The summed E-state index contributed by atoms with van der Waals surface area (Å²) in [6.45, 7) is 6.23. The Labute approximate surface area is 157 Å². The van der Waals surface area contributed by atoms with E-state index in [0.717, 1.165) is 25.0 Å². The quantitative estimate of drug-likeness (QED) is 0.725. The van der Waals surface area contributed by atoms with E-state index in [1.54, 1.807) is 23.9 Å². The molecular formula is C19H25N5O3. The summed E-state index contributed by atoms with van der Waals surface area (Å²) < 4.78 is 6.93. The number of allylic oxidation sites excluding steroid dienone is 4. The first-order valence-corrected chi connectivity index (χ1v) is 9.15. The fourth-order valence-corrected chi connectivity index (χ4v) is 3.15. The Morgan fingerprint density at radius 2 is 2.26 bits per heavy atom. The molecule has 3 rings (SSSR count). The second kappa shape index (κ2) is 8.30. The van der Waals surface area contributed by atoms with Crippen LogP contribution in [0.5, 0.6) is 0 Å². The molecule has 0 unspecified atom stereocenters. The van der Waals surface area contributed by atoms with Gasteiger partial charge >= 0.3 is 0 Å². The van der Waals surface area contributed by atoms with E-state index in [1.165, 1.54) is 0 Å². The van der Waals surface area contributed by atoms with E-state index in [-0.39, 0.29) is 17.7 Å². The van der Waals surface area contributed by atoms with Gasteiger partial charge in [0, 0.05) is 18.7 Å². The van der Waals surface area contributed by atoms with Crippen molar-refractivity contribution in [1.82, 2.24) is 25.5 Å². The molecule has 8 nitrogen and oxygen atoms in total. The van der Waals surface area contributed by atoms with Gasteiger partial charge in [0.25, 0.3) is 5.91 Å². The number of amides is 1. The van der Waals surface area contributed by atoms with Crippen LogP contribution in [0.15, 0.2) is 35.0 Å². The summed E-state index contributed by atoms with van der Waals surface area (Å²) in [7, 11) is 0. The zero-order chi connectivity index (χ0) is 19.4. The van der Waals surface area contributed by atoms with Gasteiger partial charge in [0.15, 0.2) is 0 Å². The molecule has 27 heavy (non-hydrogen) atoms. The van der Waals surface area contributed by atoms with Crippen molar-refractivity contribution in [2.75, 3.05) is 0 Å². The van der Waals surface area contributed by atoms with Gasteiger partial charge in [-0.2, -0.15) is 0 Å². The molecule has 144 valence electrons. The van der Waals surface area contributed by atoms with Crippen molar-refractivity contribution in [2.45, 2.75) is 52.3 Å². The minimum atomic E-state index is -0.616. The van der Waals surface area contributed by atoms with Gasteiger partial charge in [-0.15, -0.1) is 5.10 Å². The molecule has 1 aliphatic rings. The Morgan fingerprint density at radius 1 is 1.48 bits per heavy atom. The molecule has 2 aromatic rings. The Balaban J connectivity index is 1.48. The van der Waals surface area contributed by atoms with Crippen molar-refractivity contribution < 1.29 is 14.4 Å². The van der Waals surface area contributed by atoms with E-state index < -0.39 is 6.10 Å². The van der Waals surface area contributed by atoms with Crippen LogP contribution in [0.3, 0.4) is 0 Å². The number of rotatable bonds is 7. The highest BCUT2D eigenvalue weighted by Crippen LogP contribution is 2.29. The van der Waals surface area contributed by atoms with Crippen LogP contribution in [0.25, 0.3) is 5.57 Å². The van der Waals surface area contributed by atoms with Gasteiger partial charge in [-0.05, 0) is 45.1 Å². The number of hydrogen-bond donors (Lipinski definition) is 2. The van der Waals surface area contributed by atoms with Crippen molar-refractivity contribution in [3.8, 4) is 0 Å². The number of nitrogens with one attached hydrogen (secondary N) is 1. The minimum Gasteiger partial charge on any atom is -0.387 e. The highest BCUT2D eigenvalue weighted by atomic mass is 16.5. The average molecular weight is 371 g/mol. The van der Waals surface area contributed by atoms with E-state index >= 15 is 0 Å². The highest BCUT2D eigenvalue weighted by molar-refractivity contribution is 5.92. The molecule has 1 saturated carbocycles. The molecule has 0 bridgehead atoms. The van der Waals surface area contributed by atoms with Crippen LogP contribution in [0.2, 0.25) is 0 Å². The van der Waals surface area contributed by atoms with E-state index in [0.29, 0.717) is 17.3 Å². The van der Waals surface area contributed by atoms with Crippen LogP contribution in [0, 0.1) is 5.92 Å². The van der Waals surface area contributed by atoms with Gasteiger partial charge in [-0.25, -0.2) is 0 Å². The molecule has 0 saturated heterocycles. The Kier molecular flexibility index (Phi) is 5.85. The second-order valence-electron chi connectivity index (χ2n) is 6.87. The van der Waals surface area contributed by atoms with Crippen LogP contribution >= 0.6 is 0 Å². The molecule has 2 heterocycles. The van der Waals surface area contributed by atoms with Gasteiger partial charge < -0.3 is 14.9 Å². The summed E-state index contributed by atoms with van der Waals surface area (Å²) in [5, 5.41) is 24.4. The standard InChI is InChI=1S/C19H25N5O3/c1-4-6-14(5-2)16-9-18(27-22-16)19(26)20-15-7-13(8-15)10-24-11-17(12(3)25)21-23-24/h4-6,9,11-13,15,25H,7-8,10H2,1-3H3,(H,20,26)/b6-4-,14-5+/t12-,13?,15?/m1/s1. The molecule has 1 atom stereocenters. The van der Waals surface area contributed by atoms with E-state index in [1.807, 2.05) is 32.1 Å². The average Bonchev–Trinajstić information content (AvgIpc) is 3.27. The normalized spacial score (nSPS) is 21.3. The fourth-order valence-electron chi connectivity index (χ4n) is 3.15. The summed E-state index contributed by atoms with van der Waals surface area (Å²) in [4.78, 5) is 12.3. The lowest BCUT2D eigenvalue weighted by Gasteiger charge is -2.35. The Hall–Kier alpha value is -2.74. The molecular weight excluding hydrogens is 346 g/mol. The zero-order valence-corrected chi connectivity index (χ0v) is 15.8. The summed E-state index contributed by atoms with van der Waals surface area (Å²) in [6, 6.07) is 1.78. The van der Waals surface area contributed by atoms with Crippen molar-refractivity contribution in [3.05, 3.63) is 47.6 Å².